The summed E-state index contributed by atoms with van der Waals surface area (Å²) in [6.45, 7) is 2.54. The van der Waals surface area contributed by atoms with Crippen molar-refractivity contribution >= 4 is 23.2 Å². The lowest BCUT2D eigenvalue weighted by atomic mass is 10.2. The van der Waals surface area contributed by atoms with Crippen molar-refractivity contribution in [3.05, 3.63) is 42.1 Å². The zero-order valence-corrected chi connectivity index (χ0v) is 11.9. The fourth-order valence-electron chi connectivity index (χ4n) is 1.73. The number of nitrogens with one attached hydrogen (secondary N) is 1. The molecule has 6 heteroatoms. The van der Waals surface area contributed by atoms with Crippen molar-refractivity contribution in [1.82, 2.24) is 4.98 Å². The summed E-state index contributed by atoms with van der Waals surface area (Å²) in [6.07, 6.45) is 0. The fourth-order valence-corrected chi connectivity index (χ4v) is 1.73. The number of nitrogen functional groups attached to an aromatic ring is 1. The maximum Gasteiger partial charge on any atom is 0.356 e. The van der Waals surface area contributed by atoms with Crippen LogP contribution in [0.3, 0.4) is 0 Å². The van der Waals surface area contributed by atoms with E-state index in [4.69, 9.17) is 10.5 Å². The Kier molecular flexibility index (Phi) is 4.61. The number of aromatic nitrogens is 1. The maximum atomic E-state index is 11.5. The van der Waals surface area contributed by atoms with Gasteiger partial charge in [0, 0.05) is 5.69 Å². The topological polar surface area (TPSA) is 86.5 Å². The Morgan fingerprint density at radius 1 is 1.24 bits per heavy atom. The number of anilines is 3. The smallest absolute Gasteiger partial charge is 0.356 e. The van der Waals surface area contributed by atoms with Crippen LogP contribution in [-0.4, -0.2) is 24.7 Å². The predicted octanol–water partition coefficient (Wildman–Crippen LogP) is 2.59. The summed E-state index contributed by atoms with van der Waals surface area (Å²) in [7, 11) is 1.31. The number of nitrogens with two attached hydrogens (primary N) is 1. The van der Waals surface area contributed by atoms with Gasteiger partial charge in [-0.1, -0.05) is 0 Å². The summed E-state index contributed by atoms with van der Waals surface area (Å²) in [5, 5.41) is 3.06. The Morgan fingerprint density at radius 3 is 2.57 bits per heavy atom. The van der Waals surface area contributed by atoms with Crippen LogP contribution < -0.4 is 15.8 Å². The molecule has 0 fully saturated rings. The highest BCUT2D eigenvalue weighted by molar-refractivity contribution is 5.88. The molecule has 0 aliphatic rings. The van der Waals surface area contributed by atoms with Gasteiger partial charge in [0.15, 0.2) is 11.5 Å². The summed E-state index contributed by atoms with van der Waals surface area (Å²) >= 11 is 0. The van der Waals surface area contributed by atoms with E-state index >= 15 is 0 Å². The van der Waals surface area contributed by atoms with Gasteiger partial charge in [-0.3, -0.25) is 0 Å². The summed E-state index contributed by atoms with van der Waals surface area (Å²) in [5.74, 6) is 0.680. The van der Waals surface area contributed by atoms with E-state index in [1.807, 2.05) is 31.2 Å². The molecule has 0 spiro atoms. The van der Waals surface area contributed by atoms with Gasteiger partial charge >= 0.3 is 5.97 Å². The minimum absolute atomic E-state index is 0.195. The van der Waals surface area contributed by atoms with Gasteiger partial charge in [-0.15, -0.1) is 0 Å². The van der Waals surface area contributed by atoms with E-state index in [0.717, 1.165) is 11.4 Å². The van der Waals surface area contributed by atoms with E-state index in [1.54, 1.807) is 6.07 Å². The maximum absolute atomic E-state index is 11.5. The summed E-state index contributed by atoms with van der Waals surface area (Å²) < 4.78 is 10.0. The number of benzene rings is 1. The first-order chi connectivity index (χ1) is 10.1. The second kappa shape index (κ2) is 6.60. The fraction of sp³-hybridized carbons (Fsp3) is 0.200. The van der Waals surface area contributed by atoms with Crippen LogP contribution >= 0.6 is 0 Å². The van der Waals surface area contributed by atoms with Crippen molar-refractivity contribution in [1.29, 1.82) is 0 Å². The van der Waals surface area contributed by atoms with Crippen LogP contribution in [0, 0.1) is 0 Å². The number of pyridine rings is 1. The molecule has 0 radical (unpaired) electrons. The van der Waals surface area contributed by atoms with Gasteiger partial charge in [0.2, 0.25) is 0 Å². The first-order valence-electron chi connectivity index (χ1n) is 6.48. The highest BCUT2D eigenvalue weighted by atomic mass is 16.5. The van der Waals surface area contributed by atoms with Gasteiger partial charge in [0.1, 0.15) is 5.75 Å². The van der Waals surface area contributed by atoms with Crippen molar-refractivity contribution in [2.24, 2.45) is 0 Å². The lowest BCUT2D eigenvalue weighted by Crippen LogP contribution is -2.07. The van der Waals surface area contributed by atoms with Crippen LogP contribution in [0.4, 0.5) is 17.2 Å². The molecule has 3 N–H and O–H groups in total. The SMILES string of the molecule is CCOc1ccc(Nc2nc(C(=O)OC)ccc2N)cc1. The number of hydrogen-bond donors (Lipinski definition) is 2. The molecule has 0 atom stereocenters. The second-order valence-electron chi connectivity index (χ2n) is 4.21. The average molecular weight is 287 g/mol. The van der Waals surface area contributed by atoms with Crippen molar-refractivity contribution in [2.45, 2.75) is 6.92 Å². The molecule has 0 aliphatic heterocycles. The zero-order valence-electron chi connectivity index (χ0n) is 11.9. The van der Waals surface area contributed by atoms with Gasteiger partial charge in [-0.2, -0.15) is 0 Å². The number of ether oxygens (including phenoxy) is 2. The number of rotatable bonds is 5. The lowest BCUT2D eigenvalue weighted by molar-refractivity contribution is 0.0594. The van der Waals surface area contributed by atoms with Crippen molar-refractivity contribution in [3.63, 3.8) is 0 Å². The quantitative estimate of drug-likeness (QED) is 0.822. The molecule has 0 saturated carbocycles. The molecule has 0 saturated heterocycles. The van der Waals surface area contributed by atoms with Crippen molar-refractivity contribution < 1.29 is 14.3 Å². The summed E-state index contributed by atoms with van der Waals surface area (Å²) in [4.78, 5) is 15.6. The number of hydrogen-bond acceptors (Lipinski definition) is 6. The molecule has 0 aliphatic carbocycles. The number of carbonyl (C=O) groups excluding carboxylic acids is 1. The summed E-state index contributed by atoms with van der Waals surface area (Å²) in [6, 6.07) is 10.5. The Labute approximate surface area is 122 Å². The minimum Gasteiger partial charge on any atom is -0.494 e. The number of esters is 1. The molecule has 2 rings (SSSR count). The summed E-state index contributed by atoms with van der Waals surface area (Å²) in [5.41, 5.74) is 7.28. The van der Waals surface area contributed by atoms with E-state index in [9.17, 15) is 4.79 Å². The molecular weight excluding hydrogens is 270 g/mol. The van der Waals surface area contributed by atoms with E-state index in [1.165, 1.54) is 13.2 Å². The standard InChI is InChI=1S/C15H17N3O3/c1-3-21-11-6-4-10(5-7-11)17-14-12(16)8-9-13(18-14)15(19)20-2/h4-9H,3,16H2,1-2H3,(H,17,18). The lowest BCUT2D eigenvalue weighted by Gasteiger charge is -2.10. The molecule has 0 amide bonds. The molecule has 6 nitrogen and oxygen atoms in total. The Hall–Kier alpha value is -2.76. The normalized spacial score (nSPS) is 10.0. The largest absolute Gasteiger partial charge is 0.494 e. The first-order valence-corrected chi connectivity index (χ1v) is 6.48. The molecule has 21 heavy (non-hydrogen) atoms. The van der Waals surface area contributed by atoms with Crippen LogP contribution in [0.2, 0.25) is 0 Å². The molecule has 1 aromatic heterocycles. The molecule has 2 aromatic rings. The van der Waals surface area contributed by atoms with Crippen LogP contribution in [0.25, 0.3) is 0 Å². The van der Waals surface area contributed by atoms with Crippen LogP contribution in [0.15, 0.2) is 36.4 Å². The number of nitrogens with zero attached hydrogens (tertiary/aromatic N) is 1. The van der Waals surface area contributed by atoms with Crippen molar-refractivity contribution in [2.75, 3.05) is 24.8 Å². The van der Waals surface area contributed by atoms with E-state index in [-0.39, 0.29) is 5.69 Å². The van der Waals surface area contributed by atoms with Gasteiger partial charge in [0.25, 0.3) is 0 Å². The number of carbonyl (C=O) groups is 1. The van der Waals surface area contributed by atoms with Crippen molar-refractivity contribution in [3.8, 4) is 5.75 Å². The molecule has 0 unspecified atom stereocenters. The van der Waals surface area contributed by atoms with Gasteiger partial charge in [-0.05, 0) is 43.3 Å². The molecule has 1 heterocycles. The van der Waals surface area contributed by atoms with Gasteiger partial charge < -0.3 is 20.5 Å². The third-order valence-corrected chi connectivity index (χ3v) is 2.75. The Morgan fingerprint density at radius 2 is 1.95 bits per heavy atom. The molecule has 0 bridgehead atoms. The highest BCUT2D eigenvalue weighted by Crippen LogP contribution is 2.23. The van der Waals surface area contributed by atoms with Crippen LogP contribution in [0.1, 0.15) is 17.4 Å². The molecular formula is C15H17N3O3. The van der Waals surface area contributed by atoms with E-state index in [2.05, 4.69) is 15.0 Å². The third-order valence-electron chi connectivity index (χ3n) is 2.75. The molecule has 110 valence electrons. The Bertz CT molecular complexity index is 627. The second-order valence-corrected chi connectivity index (χ2v) is 4.21. The minimum atomic E-state index is -0.509. The highest BCUT2D eigenvalue weighted by Gasteiger charge is 2.10. The first kappa shape index (κ1) is 14.6. The van der Waals surface area contributed by atoms with Gasteiger partial charge in [0.05, 0.1) is 19.4 Å². The van der Waals surface area contributed by atoms with E-state index < -0.39 is 5.97 Å². The molecule has 1 aromatic carbocycles. The number of methoxy groups -OCH3 is 1. The van der Waals surface area contributed by atoms with Crippen LogP contribution in [-0.2, 0) is 4.74 Å². The van der Waals surface area contributed by atoms with E-state index in [0.29, 0.717) is 18.1 Å². The Balaban J connectivity index is 2.20. The van der Waals surface area contributed by atoms with Gasteiger partial charge in [-0.25, -0.2) is 9.78 Å². The zero-order chi connectivity index (χ0) is 15.2. The third kappa shape index (κ3) is 3.62. The monoisotopic (exact) mass is 287 g/mol. The van der Waals surface area contributed by atoms with Crippen LogP contribution in [0.5, 0.6) is 5.75 Å². The average Bonchev–Trinajstić information content (AvgIpc) is 2.51. The predicted molar refractivity (Wildman–Crippen MR) is 80.9 cm³/mol.